The van der Waals surface area contributed by atoms with Crippen LogP contribution in [-0.4, -0.2) is 74.2 Å². The minimum atomic E-state index is -1.15. The number of nitrogens with zero attached hydrogens (tertiary/aromatic N) is 5. The van der Waals surface area contributed by atoms with E-state index in [0.717, 1.165) is 21.3 Å². The minimum absolute atomic E-state index is 0.0100. The number of phenols is 1. The zero-order valence-electron chi connectivity index (χ0n) is 32.0. The first-order chi connectivity index (χ1) is 27.9. The number of aryl methyl sites for hydroxylation is 1. The number of pyridine rings is 1. The highest BCUT2D eigenvalue weighted by Gasteiger charge is 2.25. The summed E-state index contributed by atoms with van der Waals surface area (Å²) in [7, 11) is 3.95. The van der Waals surface area contributed by atoms with Gasteiger partial charge in [0.15, 0.2) is 33.0 Å². The molecule has 1 aliphatic carbocycles. The van der Waals surface area contributed by atoms with Crippen LogP contribution in [0.2, 0.25) is 0 Å². The van der Waals surface area contributed by atoms with Gasteiger partial charge in [0.2, 0.25) is 6.79 Å². The van der Waals surface area contributed by atoms with Crippen LogP contribution in [0.4, 0.5) is 17.2 Å². The molecule has 0 atom stereocenters. The van der Waals surface area contributed by atoms with Crippen molar-refractivity contribution in [2.45, 2.75) is 42.9 Å². The Morgan fingerprint density at radius 2 is 1.81 bits per heavy atom. The number of phenolic OH excluding ortho intramolecular Hbond substituents is 1. The summed E-state index contributed by atoms with van der Waals surface area (Å²) in [5.74, 6) is 0.808. The molecule has 0 radical (unpaired) electrons. The number of nitrogens with two attached hydrogens (primary N) is 1. The molecule has 0 fully saturated rings. The highest BCUT2D eigenvalue weighted by molar-refractivity contribution is 7.99. The van der Waals surface area contributed by atoms with Crippen LogP contribution in [0.1, 0.15) is 30.6 Å². The standard InChI is InChI=1S/C42H39N7O7S2/c1-22(2)48(14-5-15-49-30-12-13-44-39(43)38(30)46-42(49)58-36-20-35-34(54-21-55-35)19-31(36)47(3)4)41(57)45-23-6-9-26(29(16-23)40(52)53)37-27-10-7-24(50)17-32(27)56-33-18-25(51)8-11-28(33)37/h6-13,16-20,22,50H,5,14-15,21H2,1-4H3,(H2,43,44)(H,45,57)(H,52,53). The van der Waals surface area contributed by atoms with E-state index in [9.17, 15) is 19.8 Å². The molecule has 5 N–H and O–H groups in total. The van der Waals surface area contributed by atoms with Crippen molar-refractivity contribution in [3.63, 3.8) is 0 Å². The number of imidazole rings is 1. The third kappa shape index (κ3) is 7.27. The minimum Gasteiger partial charge on any atom is -0.508 e. The topological polar surface area (TPSA) is 181 Å². The Bertz CT molecular complexity index is 2780. The van der Waals surface area contributed by atoms with E-state index >= 15 is 0 Å². The summed E-state index contributed by atoms with van der Waals surface area (Å²) in [6.45, 7) is 5.42. The second-order valence-electron chi connectivity index (χ2n) is 14.2. The van der Waals surface area contributed by atoms with E-state index in [-0.39, 0.29) is 35.3 Å². The number of benzene rings is 4. The molecule has 0 amide bonds. The maximum Gasteiger partial charge on any atom is 0.336 e. The van der Waals surface area contributed by atoms with Gasteiger partial charge in [-0.25, -0.2) is 14.8 Å². The summed E-state index contributed by atoms with van der Waals surface area (Å²) < 4.78 is 19.4. The third-order valence-electron chi connectivity index (χ3n) is 9.91. The lowest BCUT2D eigenvalue weighted by Crippen LogP contribution is -2.40. The molecule has 2 aliphatic heterocycles. The molecule has 3 aliphatic rings. The summed E-state index contributed by atoms with van der Waals surface area (Å²) in [6.07, 6.45) is 2.36. The number of carboxylic acids is 1. The summed E-state index contributed by atoms with van der Waals surface area (Å²) >= 11 is 7.45. The number of nitrogens with one attached hydrogen (secondary N) is 1. The Balaban J connectivity index is 1.05. The van der Waals surface area contributed by atoms with Gasteiger partial charge in [-0.05, 0) is 92.3 Å². The second kappa shape index (κ2) is 15.4. The van der Waals surface area contributed by atoms with E-state index < -0.39 is 5.97 Å². The smallest absolute Gasteiger partial charge is 0.336 e. The van der Waals surface area contributed by atoms with Gasteiger partial charge >= 0.3 is 5.97 Å². The zero-order valence-corrected chi connectivity index (χ0v) is 33.6. The van der Waals surface area contributed by atoms with Crippen molar-refractivity contribution < 1.29 is 28.9 Å². The molecule has 0 spiro atoms. The number of fused-ring (bicyclic) bond motifs is 4. The van der Waals surface area contributed by atoms with Gasteiger partial charge < -0.3 is 49.5 Å². The number of aromatic hydroxyl groups is 1. The Kier molecular flexibility index (Phi) is 10.2. The molecule has 296 valence electrons. The monoisotopic (exact) mass is 817 g/mol. The van der Waals surface area contributed by atoms with E-state index in [4.69, 9.17) is 36.8 Å². The summed E-state index contributed by atoms with van der Waals surface area (Å²) in [6, 6.07) is 19.9. The van der Waals surface area contributed by atoms with Crippen molar-refractivity contribution in [2.75, 3.05) is 43.4 Å². The Labute approximate surface area is 342 Å². The molecule has 16 heteroatoms. The van der Waals surface area contributed by atoms with Gasteiger partial charge in [0.1, 0.15) is 22.6 Å². The van der Waals surface area contributed by atoms with Gasteiger partial charge in [0, 0.05) is 90.8 Å². The first-order valence-electron chi connectivity index (χ1n) is 18.4. The maximum atomic E-state index is 12.8. The van der Waals surface area contributed by atoms with Crippen LogP contribution in [-0.2, 0) is 6.54 Å². The summed E-state index contributed by atoms with van der Waals surface area (Å²) in [4.78, 5) is 39.3. The van der Waals surface area contributed by atoms with E-state index in [1.54, 1.807) is 36.5 Å². The van der Waals surface area contributed by atoms with E-state index in [1.165, 1.54) is 36.0 Å². The lowest BCUT2D eigenvalue weighted by molar-refractivity contribution is 0.0697. The zero-order chi connectivity index (χ0) is 40.8. The highest BCUT2D eigenvalue weighted by Crippen LogP contribution is 2.45. The largest absolute Gasteiger partial charge is 0.508 e. The van der Waals surface area contributed by atoms with Crippen molar-refractivity contribution in [3.8, 4) is 39.7 Å². The van der Waals surface area contributed by atoms with Crippen LogP contribution in [0.5, 0.6) is 17.2 Å². The number of carbonyl (C=O) groups is 1. The molecule has 2 aromatic heterocycles. The van der Waals surface area contributed by atoms with Crippen LogP contribution in [0.25, 0.3) is 44.5 Å². The number of aromatic carboxylic acids is 1. The number of hydrogen-bond acceptors (Lipinski definition) is 12. The molecule has 0 unspecified atom stereocenters. The highest BCUT2D eigenvalue weighted by atomic mass is 32.2. The van der Waals surface area contributed by atoms with Crippen LogP contribution < -0.4 is 30.9 Å². The van der Waals surface area contributed by atoms with Gasteiger partial charge in [0.25, 0.3) is 0 Å². The first kappa shape index (κ1) is 38.4. The molecule has 5 aromatic rings. The molecule has 0 saturated carbocycles. The van der Waals surface area contributed by atoms with Gasteiger partial charge in [-0.15, -0.1) is 0 Å². The van der Waals surface area contributed by atoms with Crippen molar-refractivity contribution >= 4 is 74.3 Å². The van der Waals surface area contributed by atoms with Crippen LogP contribution in [0, 0.1) is 0 Å². The summed E-state index contributed by atoms with van der Waals surface area (Å²) in [5, 5.41) is 25.7. The molecule has 0 saturated heterocycles. The molecule has 3 aromatic carbocycles. The van der Waals surface area contributed by atoms with Crippen LogP contribution in [0.15, 0.2) is 98.3 Å². The second-order valence-corrected chi connectivity index (χ2v) is 15.6. The SMILES string of the molecule is CC(C)N(CCCn1c(Sc2cc3c(cc2N(C)C)OCO3)nc2c(N)nccc21)C(=S)Nc1ccc(-c2c3ccc(=O)cc-3oc3cc(O)ccc23)c(C(=O)O)c1. The normalized spacial score (nSPS) is 12.2. The Morgan fingerprint density at radius 3 is 2.57 bits per heavy atom. The average molecular weight is 818 g/mol. The van der Waals surface area contributed by atoms with Crippen molar-refractivity contribution in [3.05, 3.63) is 94.8 Å². The van der Waals surface area contributed by atoms with E-state index in [1.807, 2.05) is 51.0 Å². The maximum absolute atomic E-state index is 12.8. The summed E-state index contributed by atoms with van der Waals surface area (Å²) in [5.41, 5.74) is 10.8. The molecule has 58 heavy (non-hydrogen) atoms. The third-order valence-corrected chi connectivity index (χ3v) is 11.3. The predicted molar refractivity (Wildman–Crippen MR) is 229 cm³/mol. The first-order valence-corrected chi connectivity index (χ1v) is 19.6. The van der Waals surface area contributed by atoms with Crippen molar-refractivity contribution in [1.29, 1.82) is 0 Å². The fourth-order valence-corrected chi connectivity index (χ4v) is 8.71. The number of rotatable bonds is 11. The Hall–Kier alpha value is -6.52. The molecule has 8 rings (SSSR count). The number of nitrogen functional groups attached to an aromatic ring is 1. The molecule has 14 nitrogen and oxygen atoms in total. The van der Waals surface area contributed by atoms with Gasteiger partial charge in [-0.2, -0.15) is 0 Å². The molecular formula is C42H39N7O7S2. The average Bonchev–Trinajstić information content (AvgIpc) is 3.79. The van der Waals surface area contributed by atoms with Gasteiger partial charge in [-0.3, -0.25) is 4.79 Å². The van der Waals surface area contributed by atoms with Crippen LogP contribution in [0.3, 0.4) is 0 Å². The fourth-order valence-electron chi connectivity index (χ4n) is 7.14. The number of thiocarbonyl (C=S) groups is 1. The van der Waals surface area contributed by atoms with Crippen molar-refractivity contribution in [2.24, 2.45) is 0 Å². The van der Waals surface area contributed by atoms with Gasteiger partial charge in [-0.1, -0.05) is 6.07 Å². The fraction of sp³-hybridized carbons (Fsp3) is 0.214. The van der Waals surface area contributed by atoms with Crippen LogP contribution >= 0.6 is 24.0 Å². The van der Waals surface area contributed by atoms with Gasteiger partial charge in [0.05, 0.1) is 16.8 Å². The van der Waals surface area contributed by atoms with E-state index in [0.29, 0.717) is 80.8 Å². The number of aromatic nitrogens is 3. The van der Waals surface area contributed by atoms with E-state index in [2.05, 4.69) is 19.8 Å². The number of ether oxygens (including phenoxy) is 2. The molecular weight excluding hydrogens is 779 g/mol. The quantitative estimate of drug-likeness (QED) is 0.0735. The number of carboxylic acid groups (broad SMARTS) is 1. The number of anilines is 3. The number of hydrogen-bond donors (Lipinski definition) is 4. The Morgan fingerprint density at radius 1 is 1.03 bits per heavy atom. The van der Waals surface area contributed by atoms with Crippen molar-refractivity contribution in [1.82, 2.24) is 19.4 Å². The molecule has 4 heterocycles. The lowest BCUT2D eigenvalue weighted by Gasteiger charge is -2.30. The molecule has 0 bridgehead atoms. The predicted octanol–water partition coefficient (Wildman–Crippen LogP) is 7.74. The lowest BCUT2D eigenvalue weighted by atomic mass is 9.90.